The summed E-state index contributed by atoms with van der Waals surface area (Å²) in [7, 11) is 0. The van der Waals surface area contributed by atoms with Crippen LogP contribution in [0.5, 0.6) is 11.5 Å². The van der Waals surface area contributed by atoms with Crippen molar-refractivity contribution in [3.05, 3.63) is 98.5 Å². The van der Waals surface area contributed by atoms with E-state index >= 15 is 0 Å². The van der Waals surface area contributed by atoms with Crippen LogP contribution in [0.1, 0.15) is 15.9 Å². The van der Waals surface area contributed by atoms with Gasteiger partial charge in [0.2, 0.25) is 0 Å². The lowest BCUT2D eigenvalue weighted by molar-refractivity contribution is -0.384. The normalized spacial score (nSPS) is 10.5. The van der Waals surface area contributed by atoms with Gasteiger partial charge in [-0.2, -0.15) is 5.10 Å². The lowest BCUT2D eigenvalue weighted by Crippen LogP contribution is -2.24. The zero-order chi connectivity index (χ0) is 22.9. The lowest BCUT2D eigenvalue weighted by atomic mass is 10.2. The molecule has 32 heavy (non-hydrogen) atoms. The first-order chi connectivity index (χ1) is 15.4. The second-order valence-electron chi connectivity index (χ2n) is 6.27. The molecule has 3 rings (SSSR count). The number of carbonyl (C=O) groups excluding carboxylic acids is 2. The van der Waals surface area contributed by atoms with Crippen molar-refractivity contribution >= 4 is 39.7 Å². The van der Waals surface area contributed by atoms with Crippen molar-refractivity contribution in [1.82, 2.24) is 5.43 Å². The van der Waals surface area contributed by atoms with Crippen LogP contribution in [0.15, 0.2) is 82.4 Å². The number of carbonyl (C=O) groups is 2. The van der Waals surface area contributed by atoms with Gasteiger partial charge in [-0.3, -0.25) is 14.9 Å². The van der Waals surface area contributed by atoms with Crippen LogP contribution < -0.4 is 14.9 Å². The number of esters is 1. The molecule has 0 atom stereocenters. The van der Waals surface area contributed by atoms with Crippen LogP contribution in [0.25, 0.3) is 0 Å². The van der Waals surface area contributed by atoms with Crippen LogP contribution in [0.4, 0.5) is 5.69 Å². The molecule has 0 unspecified atom stereocenters. The van der Waals surface area contributed by atoms with Gasteiger partial charge in [0.25, 0.3) is 11.6 Å². The minimum absolute atomic E-state index is 0.0693. The summed E-state index contributed by atoms with van der Waals surface area (Å²) >= 11 is 3.31. The second kappa shape index (κ2) is 10.8. The number of ether oxygens (including phenoxy) is 2. The van der Waals surface area contributed by atoms with Gasteiger partial charge < -0.3 is 9.47 Å². The van der Waals surface area contributed by atoms with Crippen molar-refractivity contribution < 1.29 is 24.0 Å². The Hall–Kier alpha value is -4.05. The van der Waals surface area contributed by atoms with Gasteiger partial charge in [0.1, 0.15) is 11.5 Å². The summed E-state index contributed by atoms with van der Waals surface area (Å²) in [5, 5.41) is 14.4. The molecule has 0 spiro atoms. The van der Waals surface area contributed by atoms with Crippen molar-refractivity contribution in [2.75, 3.05) is 6.61 Å². The average molecular weight is 498 g/mol. The number of nitro groups is 1. The minimum Gasteiger partial charge on any atom is -0.484 e. The molecule has 1 N–H and O–H groups in total. The molecule has 0 aromatic heterocycles. The Balaban J connectivity index is 1.46. The summed E-state index contributed by atoms with van der Waals surface area (Å²) in [5.41, 5.74) is 3.33. The lowest BCUT2D eigenvalue weighted by Gasteiger charge is -2.06. The number of halogens is 1. The smallest absolute Gasteiger partial charge is 0.344 e. The Bertz CT molecular complexity index is 1150. The van der Waals surface area contributed by atoms with E-state index in [4.69, 9.17) is 9.47 Å². The highest BCUT2D eigenvalue weighted by Crippen LogP contribution is 2.19. The number of non-ortho nitro benzene ring substituents is 1. The van der Waals surface area contributed by atoms with E-state index in [0.29, 0.717) is 27.1 Å². The molecule has 0 saturated heterocycles. The van der Waals surface area contributed by atoms with Crippen LogP contribution in [0.3, 0.4) is 0 Å². The van der Waals surface area contributed by atoms with E-state index in [0.717, 1.165) is 0 Å². The standard InChI is InChI=1S/C22H16BrN3O6/c23-20-4-2-1-3-19(20)22(28)32-18-9-5-15(6-10-18)13-24-25-21(27)14-31-17-11-7-16(8-12-17)26(29)30/h1-13H,14H2,(H,25,27)/b24-13+. The number of hydrazone groups is 1. The van der Waals surface area contributed by atoms with Crippen LogP contribution in [0, 0.1) is 10.1 Å². The monoisotopic (exact) mass is 497 g/mol. The number of nitrogens with zero attached hydrogens (tertiary/aromatic N) is 2. The van der Waals surface area contributed by atoms with E-state index in [1.165, 1.54) is 30.5 Å². The predicted octanol–water partition coefficient (Wildman–Crippen LogP) is 4.11. The minimum atomic E-state index is -0.524. The molecule has 0 aliphatic rings. The number of nitro benzene ring substituents is 1. The Labute approximate surface area is 190 Å². The molecule has 162 valence electrons. The maximum absolute atomic E-state index is 12.2. The van der Waals surface area contributed by atoms with Gasteiger partial charge in [0.15, 0.2) is 6.61 Å². The number of hydrogen-bond acceptors (Lipinski definition) is 7. The topological polar surface area (TPSA) is 120 Å². The third kappa shape index (κ3) is 6.47. The van der Waals surface area contributed by atoms with E-state index in [2.05, 4.69) is 26.5 Å². The molecule has 3 aromatic rings. The number of amides is 1. The Morgan fingerprint density at radius 3 is 2.31 bits per heavy atom. The highest BCUT2D eigenvalue weighted by molar-refractivity contribution is 9.10. The van der Waals surface area contributed by atoms with E-state index in [-0.39, 0.29) is 12.3 Å². The molecule has 9 nitrogen and oxygen atoms in total. The third-order valence-corrected chi connectivity index (χ3v) is 4.70. The predicted molar refractivity (Wildman–Crippen MR) is 120 cm³/mol. The molecular formula is C22H16BrN3O6. The quantitative estimate of drug-likeness (QED) is 0.164. The van der Waals surface area contributed by atoms with Crippen LogP contribution in [0.2, 0.25) is 0 Å². The Morgan fingerprint density at radius 2 is 1.66 bits per heavy atom. The van der Waals surface area contributed by atoms with Crippen LogP contribution in [-0.2, 0) is 4.79 Å². The Kier molecular flexibility index (Phi) is 7.65. The second-order valence-corrected chi connectivity index (χ2v) is 7.13. The zero-order valence-corrected chi connectivity index (χ0v) is 18.0. The maximum Gasteiger partial charge on any atom is 0.344 e. The van der Waals surface area contributed by atoms with Crippen molar-refractivity contribution in [3.8, 4) is 11.5 Å². The van der Waals surface area contributed by atoms with Gasteiger partial charge in [-0.25, -0.2) is 10.2 Å². The molecule has 3 aromatic carbocycles. The fourth-order valence-electron chi connectivity index (χ4n) is 2.43. The molecule has 0 saturated carbocycles. The fraction of sp³-hybridized carbons (Fsp3) is 0.0455. The van der Waals surface area contributed by atoms with Crippen molar-refractivity contribution in [3.63, 3.8) is 0 Å². The molecular weight excluding hydrogens is 482 g/mol. The van der Waals surface area contributed by atoms with E-state index in [1.54, 1.807) is 48.5 Å². The molecule has 0 aliphatic carbocycles. The summed E-state index contributed by atoms with van der Waals surface area (Å²) in [6, 6.07) is 18.9. The van der Waals surface area contributed by atoms with Gasteiger partial charge in [0, 0.05) is 16.6 Å². The first-order valence-corrected chi connectivity index (χ1v) is 9.97. The number of hydrogen-bond donors (Lipinski definition) is 1. The fourth-order valence-corrected chi connectivity index (χ4v) is 2.88. The largest absolute Gasteiger partial charge is 0.484 e. The molecule has 0 heterocycles. The Morgan fingerprint density at radius 1 is 1.00 bits per heavy atom. The first kappa shape index (κ1) is 22.6. The first-order valence-electron chi connectivity index (χ1n) is 9.18. The maximum atomic E-state index is 12.2. The SMILES string of the molecule is O=C(COc1ccc([N+](=O)[O-])cc1)N/N=C/c1ccc(OC(=O)c2ccccc2Br)cc1. The van der Waals surface area contributed by atoms with Crippen molar-refractivity contribution in [1.29, 1.82) is 0 Å². The molecule has 0 bridgehead atoms. The summed E-state index contributed by atoms with van der Waals surface area (Å²) in [6.07, 6.45) is 1.42. The van der Waals surface area contributed by atoms with Crippen LogP contribution in [-0.4, -0.2) is 29.6 Å². The number of nitrogens with one attached hydrogen (secondary N) is 1. The highest BCUT2D eigenvalue weighted by atomic mass is 79.9. The third-order valence-electron chi connectivity index (χ3n) is 4.00. The molecule has 0 aliphatic heterocycles. The van der Waals surface area contributed by atoms with E-state index in [9.17, 15) is 19.7 Å². The van der Waals surface area contributed by atoms with Crippen LogP contribution >= 0.6 is 15.9 Å². The van der Waals surface area contributed by atoms with Gasteiger partial charge in [-0.15, -0.1) is 0 Å². The van der Waals surface area contributed by atoms with Gasteiger partial charge >= 0.3 is 5.97 Å². The summed E-state index contributed by atoms with van der Waals surface area (Å²) in [6.45, 7) is -0.306. The average Bonchev–Trinajstić information content (AvgIpc) is 2.79. The molecule has 1 amide bonds. The summed E-state index contributed by atoms with van der Waals surface area (Å²) < 4.78 is 11.2. The summed E-state index contributed by atoms with van der Waals surface area (Å²) in [4.78, 5) is 34.1. The van der Waals surface area contributed by atoms with E-state index < -0.39 is 16.8 Å². The van der Waals surface area contributed by atoms with E-state index in [1.807, 2.05) is 0 Å². The summed E-state index contributed by atoms with van der Waals surface area (Å²) in [5.74, 6) is -0.302. The zero-order valence-electron chi connectivity index (χ0n) is 16.4. The molecule has 0 radical (unpaired) electrons. The molecule has 0 fully saturated rings. The van der Waals surface area contributed by atoms with Crippen molar-refractivity contribution in [2.24, 2.45) is 5.10 Å². The molecule has 10 heteroatoms. The highest BCUT2D eigenvalue weighted by Gasteiger charge is 2.11. The van der Waals surface area contributed by atoms with Gasteiger partial charge in [0.05, 0.1) is 16.7 Å². The van der Waals surface area contributed by atoms with Gasteiger partial charge in [-0.1, -0.05) is 12.1 Å². The number of rotatable bonds is 8. The van der Waals surface area contributed by atoms with Crippen molar-refractivity contribution in [2.45, 2.75) is 0 Å². The number of benzene rings is 3. The van der Waals surface area contributed by atoms with Gasteiger partial charge in [-0.05, 0) is 70.0 Å².